The number of hydrogen-bond donors (Lipinski definition) is 2. The summed E-state index contributed by atoms with van der Waals surface area (Å²) >= 11 is 0. The number of nitrogens with one attached hydrogen (secondary N) is 1. The fourth-order valence-electron chi connectivity index (χ4n) is 2.24. The Labute approximate surface area is 116 Å². The average Bonchev–Trinajstić information content (AvgIpc) is 3.10. The van der Waals surface area contributed by atoms with Crippen LogP contribution in [0.4, 0.5) is 11.6 Å². The highest BCUT2D eigenvalue weighted by atomic mass is 15.1. The van der Waals surface area contributed by atoms with Crippen LogP contribution in [-0.2, 0) is 0 Å². The van der Waals surface area contributed by atoms with Crippen molar-refractivity contribution in [2.24, 2.45) is 5.92 Å². The van der Waals surface area contributed by atoms with Crippen molar-refractivity contribution in [1.29, 1.82) is 0 Å². The summed E-state index contributed by atoms with van der Waals surface area (Å²) in [6, 6.07) is 2.27. The molecule has 2 rings (SSSR count). The fraction of sp³-hybridized carbons (Fsp3) is 0.733. The average molecular weight is 262 g/mol. The van der Waals surface area contributed by atoms with E-state index in [1.807, 2.05) is 6.07 Å². The smallest absolute Gasteiger partial charge is 0.136 e. The Balaban J connectivity index is 1.87. The molecule has 4 nitrogen and oxygen atoms in total. The standard InChI is InChI=1S/C15H26N4/c1-10(2)5-4-6-11(3)17-14-9-13(16)18-15(19-14)12-7-8-12/h9-12H,4-8H2,1-3H3,(H3,16,17,18,19). The van der Waals surface area contributed by atoms with Gasteiger partial charge in [-0.3, -0.25) is 0 Å². The molecule has 0 saturated heterocycles. The van der Waals surface area contributed by atoms with E-state index < -0.39 is 0 Å². The highest BCUT2D eigenvalue weighted by Crippen LogP contribution is 2.38. The molecular formula is C15H26N4. The third-order valence-electron chi connectivity index (χ3n) is 3.52. The Hall–Kier alpha value is -1.32. The third-order valence-corrected chi connectivity index (χ3v) is 3.52. The first-order valence-electron chi connectivity index (χ1n) is 7.45. The Morgan fingerprint density at radius 3 is 2.63 bits per heavy atom. The van der Waals surface area contributed by atoms with Crippen LogP contribution < -0.4 is 11.1 Å². The van der Waals surface area contributed by atoms with Crippen LogP contribution in [0, 0.1) is 5.92 Å². The molecule has 1 fully saturated rings. The molecule has 1 atom stereocenters. The molecular weight excluding hydrogens is 236 g/mol. The molecule has 1 saturated carbocycles. The van der Waals surface area contributed by atoms with Gasteiger partial charge in [0.25, 0.3) is 0 Å². The van der Waals surface area contributed by atoms with Crippen LogP contribution in [-0.4, -0.2) is 16.0 Å². The van der Waals surface area contributed by atoms with E-state index in [9.17, 15) is 0 Å². The van der Waals surface area contributed by atoms with Gasteiger partial charge in [0, 0.05) is 18.0 Å². The molecule has 1 aromatic rings. The number of nitrogens with two attached hydrogens (primary N) is 1. The maximum Gasteiger partial charge on any atom is 0.136 e. The molecule has 0 radical (unpaired) electrons. The van der Waals surface area contributed by atoms with E-state index in [4.69, 9.17) is 5.73 Å². The molecule has 106 valence electrons. The minimum absolute atomic E-state index is 0.431. The van der Waals surface area contributed by atoms with Gasteiger partial charge in [0.1, 0.15) is 17.5 Å². The highest BCUT2D eigenvalue weighted by Gasteiger charge is 2.27. The van der Waals surface area contributed by atoms with Gasteiger partial charge in [-0.15, -0.1) is 0 Å². The molecule has 19 heavy (non-hydrogen) atoms. The van der Waals surface area contributed by atoms with Crippen molar-refractivity contribution in [3.63, 3.8) is 0 Å². The number of nitrogen functional groups attached to an aromatic ring is 1. The lowest BCUT2D eigenvalue weighted by atomic mass is 10.0. The van der Waals surface area contributed by atoms with Crippen molar-refractivity contribution in [3.05, 3.63) is 11.9 Å². The normalized spacial score (nSPS) is 16.6. The molecule has 4 heteroatoms. The molecule has 0 aromatic carbocycles. The summed E-state index contributed by atoms with van der Waals surface area (Å²) < 4.78 is 0. The van der Waals surface area contributed by atoms with E-state index in [-0.39, 0.29) is 0 Å². The molecule has 0 bridgehead atoms. The van der Waals surface area contributed by atoms with Crippen LogP contribution in [0.25, 0.3) is 0 Å². The predicted octanol–water partition coefficient (Wildman–Crippen LogP) is 3.56. The molecule has 1 heterocycles. The second kappa shape index (κ2) is 6.22. The number of rotatable bonds is 7. The topological polar surface area (TPSA) is 63.8 Å². The van der Waals surface area contributed by atoms with Gasteiger partial charge < -0.3 is 11.1 Å². The largest absolute Gasteiger partial charge is 0.384 e. The number of nitrogens with zero attached hydrogens (tertiary/aromatic N) is 2. The lowest BCUT2D eigenvalue weighted by Gasteiger charge is -2.16. The fourth-order valence-corrected chi connectivity index (χ4v) is 2.24. The van der Waals surface area contributed by atoms with Crippen LogP contribution >= 0.6 is 0 Å². The van der Waals surface area contributed by atoms with Gasteiger partial charge >= 0.3 is 0 Å². The van der Waals surface area contributed by atoms with E-state index in [1.54, 1.807) is 0 Å². The first-order valence-corrected chi connectivity index (χ1v) is 7.45. The van der Waals surface area contributed by atoms with Crippen LogP contribution in [0.2, 0.25) is 0 Å². The monoisotopic (exact) mass is 262 g/mol. The first-order chi connectivity index (χ1) is 9.04. The molecule has 1 unspecified atom stereocenters. The van der Waals surface area contributed by atoms with E-state index in [0.717, 1.165) is 17.6 Å². The molecule has 0 spiro atoms. The maximum absolute atomic E-state index is 5.85. The Bertz CT molecular complexity index is 413. The Kier molecular flexibility index (Phi) is 4.61. The van der Waals surface area contributed by atoms with Crippen molar-refractivity contribution in [2.75, 3.05) is 11.1 Å². The summed E-state index contributed by atoms with van der Waals surface area (Å²) in [6.07, 6.45) is 6.10. The zero-order valence-electron chi connectivity index (χ0n) is 12.3. The number of hydrogen-bond acceptors (Lipinski definition) is 4. The minimum Gasteiger partial charge on any atom is -0.384 e. The van der Waals surface area contributed by atoms with Crippen LogP contribution in [0.3, 0.4) is 0 Å². The van der Waals surface area contributed by atoms with Gasteiger partial charge in [0.05, 0.1) is 0 Å². The van der Waals surface area contributed by atoms with Crippen molar-refractivity contribution < 1.29 is 0 Å². The number of aromatic nitrogens is 2. The van der Waals surface area contributed by atoms with Crippen LogP contribution in [0.5, 0.6) is 0 Å². The van der Waals surface area contributed by atoms with E-state index in [1.165, 1.54) is 32.1 Å². The van der Waals surface area contributed by atoms with Crippen LogP contribution in [0.15, 0.2) is 6.07 Å². The summed E-state index contributed by atoms with van der Waals surface area (Å²) in [6.45, 7) is 6.74. The lowest BCUT2D eigenvalue weighted by Crippen LogP contribution is -2.17. The molecule has 3 N–H and O–H groups in total. The molecule has 0 aliphatic heterocycles. The Morgan fingerprint density at radius 2 is 2.00 bits per heavy atom. The first kappa shape index (κ1) is 14.1. The van der Waals surface area contributed by atoms with Crippen molar-refractivity contribution >= 4 is 11.6 Å². The summed E-state index contributed by atoms with van der Waals surface area (Å²) in [5, 5.41) is 3.45. The second-order valence-electron chi connectivity index (χ2n) is 6.18. The van der Waals surface area contributed by atoms with Gasteiger partial charge in [-0.25, -0.2) is 9.97 Å². The quantitative estimate of drug-likeness (QED) is 0.788. The van der Waals surface area contributed by atoms with E-state index in [0.29, 0.717) is 17.8 Å². The zero-order chi connectivity index (χ0) is 13.8. The molecule has 0 amide bonds. The SMILES string of the molecule is CC(C)CCCC(C)Nc1cc(N)nc(C2CC2)n1. The molecule has 1 aliphatic carbocycles. The lowest BCUT2D eigenvalue weighted by molar-refractivity contribution is 0.520. The zero-order valence-corrected chi connectivity index (χ0v) is 12.3. The number of anilines is 2. The highest BCUT2D eigenvalue weighted by molar-refractivity contribution is 5.45. The summed E-state index contributed by atoms with van der Waals surface area (Å²) in [4.78, 5) is 8.89. The summed E-state index contributed by atoms with van der Waals surface area (Å²) in [7, 11) is 0. The molecule has 1 aromatic heterocycles. The minimum atomic E-state index is 0.431. The maximum atomic E-state index is 5.85. The van der Waals surface area contributed by atoms with Gasteiger partial charge in [-0.1, -0.05) is 26.7 Å². The van der Waals surface area contributed by atoms with Gasteiger partial charge in [-0.05, 0) is 32.1 Å². The van der Waals surface area contributed by atoms with Crippen molar-refractivity contribution in [1.82, 2.24) is 9.97 Å². The third kappa shape index (κ3) is 4.69. The van der Waals surface area contributed by atoms with Crippen LogP contribution in [0.1, 0.15) is 64.6 Å². The van der Waals surface area contributed by atoms with Crippen molar-refractivity contribution in [2.45, 2.75) is 64.8 Å². The van der Waals surface area contributed by atoms with E-state index in [2.05, 4.69) is 36.1 Å². The van der Waals surface area contributed by atoms with Crippen molar-refractivity contribution in [3.8, 4) is 0 Å². The molecule has 1 aliphatic rings. The van der Waals surface area contributed by atoms with Gasteiger partial charge in [0.2, 0.25) is 0 Å². The summed E-state index contributed by atoms with van der Waals surface area (Å²) in [5.41, 5.74) is 5.85. The van der Waals surface area contributed by atoms with Gasteiger partial charge in [0.15, 0.2) is 0 Å². The van der Waals surface area contributed by atoms with E-state index >= 15 is 0 Å². The Morgan fingerprint density at radius 1 is 1.26 bits per heavy atom. The second-order valence-corrected chi connectivity index (χ2v) is 6.18. The van der Waals surface area contributed by atoms with Gasteiger partial charge in [-0.2, -0.15) is 0 Å². The predicted molar refractivity (Wildman–Crippen MR) is 80.2 cm³/mol. The summed E-state index contributed by atoms with van der Waals surface area (Å²) in [5.74, 6) is 3.70.